The van der Waals surface area contributed by atoms with Crippen LogP contribution in [0.15, 0.2) is 41.7 Å². The molecule has 1 aromatic carbocycles. The third kappa shape index (κ3) is 3.74. The van der Waals surface area contributed by atoms with E-state index in [1.54, 1.807) is 31.4 Å². The van der Waals surface area contributed by atoms with Crippen LogP contribution in [0.25, 0.3) is 0 Å². The lowest BCUT2D eigenvalue weighted by atomic mass is 9.87. The average Bonchev–Trinajstić information content (AvgIpc) is 2.57. The van der Waals surface area contributed by atoms with Crippen molar-refractivity contribution in [2.45, 2.75) is 12.5 Å². The van der Waals surface area contributed by atoms with Gasteiger partial charge in [-0.3, -0.25) is 0 Å². The fraction of sp³-hybridized carbons (Fsp3) is 0.353. The van der Waals surface area contributed by atoms with Crippen molar-refractivity contribution < 1.29 is 23.4 Å². The molecule has 2 rings (SSSR count). The largest absolute Gasteiger partial charge is 0.496 e. The topological polar surface area (TPSA) is 44.8 Å². The van der Waals surface area contributed by atoms with Crippen LogP contribution in [0.2, 0.25) is 5.02 Å². The Morgan fingerprint density at radius 2 is 2.00 bits per heavy atom. The first-order valence-electron chi connectivity index (χ1n) is 7.03. The van der Waals surface area contributed by atoms with Gasteiger partial charge in [-0.1, -0.05) is 29.8 Å². The fourth-order valence-corrected chi connectivity index (χ4v) is 2.78. The van der Waals surface area contributed by atoms with Crippen molar-refractivity contribution in [1.82, 2.24) is 0 Å². The van der Waals surface area contributed by atoms with Crippen molar-refractivity contribution in [1.29, 1.82) is 0 Å². The Hall–Kier alpha value is -1.85. The van der Waals surface area contributed by atoms with Gasteiger partial charge in [0, 0.05) is 13.0 Å². The van der Waals surface area contributed by atoms with E-state index in [4.69, 9.17) is 25.8 Å². The molecular formula is C17H18ClFO4. The van der Waals surface area contributed by atoms with Gasteiger partial charge in [0.25, 0.3) is 0 Å². The second kappa shape index (κ2) is 7.62. The van der Waals surface area contributed by atoms with Crippen LogP contribution in [0.5, 0.6) is 0 Å². The van der Waals surface area contributed by atoms with Crippen LogP contribution in [-0.4, -0.2) is 33.4 Å². The summed E-state index contributed by atoms with van der Waals surface area (Å²) in [5.74, 6) is -0.838. The summed E-state index contributed by atoms with van der Waals surface area (Å²) < 4.78 is 29.5. The summed E-state index contributed by atoms with van der Waals surface area (Å²) in [5.41, 5.74) is 0.759. The van der Waals surface area contributed by atoms with Gasteiger partial charge in [0.1, 0.15) is 11.6 Å². The van der Waals surface area contributed by atoms with Crippen LogP contribution in [0.3, 0.4) is 0 Å². The van der Waals surface area contributed by atoms with Crippen LogP contribution >= 0.6 is 11.6 Å². The molecule has 0 N–H and O–H groups in total. The van der Waals surface area contributed by atoms with E-state index in [-0.39, 0.29) is 17.0 Å². The van der Waals surface area contributed by atoms with Crippen molar-refractivity contribution >= 4 is 17.6 Å². The first-order chi connectivity index (χ1) is 11.0. The SMILES string of the molecule is COC(=O)C1=CC(Cc2cccc(Cl)c2F)C(OC)C=C1OC. The first-order valence-corrected chi connectivity index (χ1v) is 7.41. The number of rotatable bonds is 5. The van der Waals surface area contributed by atoms with Crippen molar-refractivity contribution in [2.75, 3.05) is 21.3 Å². The maximum Gasteiger partial charge on any atom is 0.341 e. The zero-order valence-corrected chi connectivity index (χ0v) is 13.9. The van der Waals surface area contributed by atoms with E-state index in [1.165, 1.54) is 20.3 Å². The smallest absolute Gasteiger partial charge is 0.341 e. The van der Waals surface area contributed by atoms with Gasteiger partial charge < -0.3 is 14.2 Å². The lowest BCUT2D eigenvalue weighted by Gasteiger charge is -2.27. The summed E-state index contributed by atoms with van der Waals surface area (Å²) in [6.45, 7) is 0. The number of hydrogen-bond donors (Lipinski definition) is 0. The molecule has 0 saturated heterocycles. The molecule has 1 aromatic rings. The van der Waals surface area contributed by atoms with Crippen LogP contribution in [-0.2, 0) is 25.4 Å². The predicted octanol–water partition coefficient (Wildman–Crippen LogP) is 3.30. The van der Waals surface area contributed by atoms with E-state index >= 15 is 0 Å². The van der Waals surface area contributed by atoms with E-state index < -0.39 is 11.8 Å². The monoisotopic (exact) mass is 340 g/mol. The minimum atomic E-state index is -0.510. The predicted molar refractivity (Wildman–Crippen MR) is 84.6 cm³/mol. The molecule has 2 atom stereocenters. The number of carbonyl (C=O) groups is 1. The maximum atomic E-state index is 14.1. The molecule has 4 nitrogen and oxygen atoms in total. The number of methoxy groups -OCH3 is 3. The Morgan fingerprint density at radius 3 is 2.61 bits per heavy atom. The third-order valence-corrected chi connectivity index (χ3v) is 4.06. The molecule has 0 fully saturated rings. The normalized spacial score (nSPS) is 20.6. The molecule has 0 bridgehead atoms. The van der Waals surface area contributed by atoms with Gasteiger partial charge in [0.2, 0.25) is 0 Å². The lowest BCUT2D eigenvalue weighted by Crippen LogP contribution is -2.28. The molecule has 0 amide bonds. The Morgan fingerprint density at radius 1 is 1.26 bits per heavy atom. The number of hydrogen-bond acceptors (Lipinski definition) is 4. The molecule has 0 spiro atoms. The van der Waals surface area contributed by atoms with Gasteiger partial charge in [0.05, 0.1) is 30.9 Å². The molecule has 124 valence electrons. The lowest BCUT2D eigenvalue weighted by molar-refractivity contribution is -0.136. The van der Waals surface area contributed by atoms with Crippen molar-refractivity contribution in [3.8, 4) is 0 Å². The molecule has 23 heavy (non-hydrogen) atoms. The molecule has 0 heterocycles. The molecule has 1 aliphatic carbocycles. The fourth-order valence-electron chi connectivity index (χ4n) is 2.59. The number of carbonyl (C=O) groups excluding carboxylic acids is 1. The average molecular weight is 341 g/mol. The highest BCUT2D eigenvalue weighted by molar-refractivity contribution is 6.30. The summed E-state index contributed by atoms with van der Waals surface area (Å²) in [5, 5.41) is 0.0672. The van der Waals surface area contributed by atoms with Crippen LogP contribution in [0.1, 0.15) is 5.56 Å². The molecular weight excluding hydrogens is 323 g/mol. The van der Waals surface area contributed by atoms with Crippen LogP contribution < -0.4 is 0 Å². The molecule has 2 unspecified atom stereocenters. The summed E-state index contributed by atoms with van der Waals surface area (Å²) in [6.07, 6.45) is 3.37. The van der Waals surface area contributed by atoms with E-state index in [0.29, 0.717) is 23.3 Å². The standard InChI is InChI=1S/C17H18ClFO4/c1-21-14-9-15(22-2)12(17(20)23-3)8-11(14)7-10-5-4-6-13(18)16(10)19/h4-6,8-9,11,14H,7H2,1-3H3. The van der Waals surface area contributed by atoms with Crippen LogP contribution in [0, 0.1) is 11.7 Å². The van der Waals surface area contributed by atoms with Gasteiger partial charge >= 0.3 is 5.97 Å². The third-order valence-electron chi connectivity index (χ3n) is 3.77. The van der Waals surface area contributed by atoms with Crippen molar-refractivity contribution in [3.05, 3.63) is 58.1 Å². The van der Waals surface area contributed by atoms with Crippen LogP contribution in [0.4, 0.5) is 4.39 Å². The zero-order valence-electron chi connectivity index (χ0n) is 13.1. The summed E-state index contributed by atoms with van der Waals surface area (Å²) in [4.78, 5) is 11.9. The van der Waals surface area contributed by atoms with E-state index in [0.717, 1.165) is 0 Å². The molecule has 6 heteroatoms. The molecule has 0 radical (unpaired) electrons. The molecule has 0 aliphatic heterocycles. The highest BCUT2D eigenvalue weighted by Gasteiger charge is 2.30. The van der Waals surface area contributed by atoms with E-state index in [2.05, 4.69) is 0 Å². The number of benzene rings is 1. The van der Waals surface area contributed by atoms with Gasteiger partial charge in [-0.2, -0.15) is 0 Å². The van der Waals surface area contributed by atoms with Crippen molar-refractivity contribution in [2.24, 2.45) is 5.92 Å². The first kappa shape index (κ1) is 17.5. The minimum absolute atomic E-state index is 0.0672. The molecule has 0 aromatic heterocycles. The number of halogens is 2. The summed E-state index contributed by atoms with van der Waals surface area (Å²) in [6, 6.07) is 4.84. The summed E-state index contributed by atoms with van der Waals surface area (Å²) >= 11 is 5.82. The quantitative estimate of drug-likeness (QED) is 0.771. The Labute approximate surface area is 139 Å². The highest BCUT2D eigenvalue weighted by atomic mass is 35.5. The minimum Gasteiger partial charge on any atom is -0.496 e. The Bertz CT molecular complexity index is 654. The second-order valence-corrected chi connectivity index (χ2v) is 5.50. The number of esters is 1. The second-order valence-electron chi connectivity index (χ2n) is 5.09. The highest BCUT2D eigenvalue weighted by Crippen LogP contribution is 2.30. The van der Waals surface area contributed by atoms with Gasteiger partial charge in [0.15, 0.2) is 0 Å². The van der Waals surface area contributed by atoms with Crippen molar-refractivity contribution in [3.63, 3.8) is 0 Å². The zero-order chi connectivity index (χ0) is 17.0. The van der Waals surface area contributed by atoms with Gasteiger partial charge in [-0.05, 0) is 24.1 Å². The van der Waals surface area contributed by atoms with E-state index in [9.17, 15) is 9.18 Å². The summed E-state index contributed by atoms with van der Waals surface area (Å²) in [7, 11) is 4.31. The molecule has 0 saturated carbocycles. The van der Waals surface area contributed by atoms with E-state index in [1.807, 2.05) is 0 Å². The molecule has 1 aliphatic rings. The van der Waals surface area contributed by atoms with Gasteiger partial charge in [-0.25, -0.2) is 9.18 Å². The number of ether oxygens (including phenoxy) is 3. The Balaban J connectivity index is 2.35. The maximum absolute atomic E-state index is 14.1. The van der Waals surface area contributed by atoms with Gasteiger partial charge in [-0.15, -0.1) is 0 Å². The Kier molecular flexibility index (Phi) is 5.80.